The first-order chi connectivity index (χ1) is 45.6. The van der Waals surface area contributed by atoms with Crippen LogP contribution in [-0.4, -0.2) is 48.7 Å². The maximum absolute atomic E-state index is 5.67. The molecule has 13 heteroatoms. The number of benzene rings is 9. The number of nitrogens with one attached hydrogen (secondary N) is 1. The monoisotopic (exact) mass is 1580 g/mol. The van der Waals surface area contributed by atoms with Crippen molar-refractivity contribution in [2.45, 2.75) is 99.5 Å². The molecular formula is C83H99AlBBrCl2NP3PdSi3. The van der Waals surface area contributed by atoms with Gasteiger partial charge in [-0.1, -0.05) is 395 Å². The molecule has 2 atom stereocenters. The fourth-order valence-corrected chi connectivity index (χ4v) is 15.5. The number of rotatable bonds is 11. The first-order valence-electron chi connectivity index (χ1n) is 31.3. The van der Waals surface area contributed by atoms with Gasteiger partial charge in [0.2, 0.25) is 0 Å². The second kappa shape index (κ2) is 57.6. The average molecular weight is 1580 g/mol. The van der Waals surface area contributed by atoms with Gasteiger partial charge in [-0.25, -0.2) is 0 Å². The van der Waals surface area contributed by atoms with Crippen molar-refractivity contribution in [2.24, 2.45) is 11.8 Å². The standard InChI is InChI=1S/3C18H15P.C9H18Si.C7H12Si.C6H10.C5H10Si.C2H3Br.Al.B.2ClH.HN.Pd/c3*1-4-10-16(11-5-1)19(17-12-6-2-7-13-17)18-14-8-3-9-15-18;1-6-9(2)7-8-10(3,4)5;1-5-6-7-8(2,3)4;1-4-6(3)5-2;1-5-6(2,3)4;1-2-3;;;;;;/h3*1-15H;9H,6H2,1-5H3;5H,1H2,2-4H3;1,6H,5H2,2-3H3;1H,2-4H3;2H,1H2;;;3*1H;/q;;;;;;;;;;;;;+2/p-2. The summed E-state index contributed by atoms with van der Waals surface area (Å²) in [5.74, 6) is 9.81. The van der Waals surface area contributed by atoms with Crippen LogP contribution in [0.4, 0.5) is 0 Å². The Kier molecular flexibility index (Phi) is 55.7. The van der Waals surface area contributed by atoms with Crippen molar-refractivity contribution in [1.82, 2.24) is 0 Å². The van der Waals surface area contributed by atoms with Crippen LogP contribution in [0.1, 0.15) is 40.5 Å². The van der Waals surface area contributed by atoms with Gasteiger partial charge in [0.05, 0.1) is 0 Å². The van der Waals surface area contributed by atoms with Crippen LogP contribution in [0.15, 0.2) is 297 Å². The SMILES string of the molecule is C#CC(C)CC.C#C[Si](C)(C)C.C=CBr.C=CC#C[Si](C)(C)C.CCC(C)C#C[Si](C)(C)C.[B].[Cl][Pd][Cl].[NH]=[Al].c1ccc(P(c2ccccc2)c2ccccc2)cc1.c1ccc(P(c2ccccc2)c2ccccc2)cc1.c1ccc(P(c2ccccc2)c2ccccc2)cc1. The number of terminal acetylenes is 2. The Morgan fingerprint density at radius 1 is 0.417 bits per heavy atom. The molecule has 0 bridgehead atoms. The summed E-state index contributed by atoms with van der Waals surface area (Å²) in [6, 6.07) is 97.0. The Morgan fingerprint density at radius 3 is 0.677 bits per heavy atom. The van der Waals surface area contributed by atoms with Gasteiger partial charge in [-0.3, -0.25) is 0 Å². The summed E-state index contributed by atoms with van der Waals surface area (Å²) in [7, 11) is 4.98. The molecule has 0 aromatic heterocycles. The quantitative estimate of drug-likeness (QED) is 0.0758. The van der Waals surface area contributed by atoms with Crippen LogP contribution in [0.3, 0.4) is 0 Å². The molecule has 500 valence electrons. The molecule has 9 rings (SSSR count). The van der Waals surface area contributed by atoms with Crippen LogP contribution in [0.2, 0.25) is 58.9 Å². The van der Waals surface area contributed by atoms with E-state index in [1.165, 1.54) is 54.2 Å². The van der Waals surface area contributed by atoms with Crippen LogP contribution in [0.5, 0.6) is 0 Å². The van der Waals surface area contributed by atoms with E-state index in [0.29, 0.717) is 11.8 Å². The van der Waals surface area contributed by atoms with E-state index < -0.39 is 48.0 Å². The second-order valence-corrected chi connectivity index (χ2v) is 47.6. The molecule has 0 fully saturated rings. The topological polar surface area (TPSA) is 23.9 Å². The van der Waals surface area contributed by atoms with Gasteiger partial charge in [0.15, 0.2) is 0 Å². The Labute approximate surface area is 625 Å². The van der Waals surface area contributed by atoms with Crippen molar-refractivity contribution in [3.8, 4) is 47.2 Å². The van der Waals surface area contributed by atoms with Crippen molar-refractivity contribution in [1.29, 1.82) is 4.35 Å². The minimum absolute atomic E-state index is 0. The van der Waals surface area contributed by atoms with Gasteiger partial charge in [0.1, 0.15) is 24.2 Å². The van der Waals surface area contributed by atoms with Crippen molar-refractivity contribution in [2.75, 3.05) is 0 Å². The van der Waals surface area contributed by atoms with Gasteiger partial charge in [0, 0.05) is 20.2 Å². The van der Waals surface area contributed by atoms with Crippen LogP contribution in [0, 0.1) is 63.4 Å². The second-order valence-electron chi connectivity index (χ2n) is 23.6. The minimum Gasteiger partial charge on any atom is -0.0622 e. The molecule has 1 N–H and O–H groups in total. The predicted molar refractivity (Wildman–Crippen MR) is 453 cm³/mol. The van der Waals surface area contributed by atoms with E-state index in [0.717, 1.165) is 6.42 Å². The maximum atomic E-state index is 5.67. The molecule has 0 heterocycles. The molecule has 2 unspecified atom stereocenters. The smallest absolute Gasteiger partial charge is 0.0134 e. The van der Waals surface area contributed by atoms with E-state index in [-0.39, 0.29) is 24.4 Å². The van der Waals surface area contributed by atoms with Gasteiger partial charge < -0.3 is 0 Å². The number of halogens is 3. The van der Waals surface area contributed by atoms with E-state index in [1.54, 1.807) is 27.2 Å². The van der Waals surface area contributed by atoms with E-state index in [9.17, 15) is 0 Å². The Morgan fingerprint density at radius 2 is 0.583 bits per heavy atom. The molecule has 96 heavy (non-hydrogen) atoms. The summed E-state index contributed by atoms with van der Waals surface area (Å²) in [5, 5.41) is 12.6. The minimum atomic E-state index is -1.11. The maximum Gasteiger partial charge on any atom is -0.0134 e. The largest absolute Gasteiger partial charge is 0.0622 e. The van der Waals surface area contributed by atoms with Crippen LogP contribution < -0.4 is 47.7 Å². The summed E-state index contributed by atoms with van der Waals surface area (Å²) >= 11 is 4.47. The summed E-state index contributed by atoms with van der Waals surface area (Å²) < 4.78 is 5.67. The number of allylic oxidation sites excluding steroid dienone is 1. The Hall–Kier alpha value is -5.24. The molecule has 0 saturated carbocycles. The molecule has 9 aromatic rings. The average Bonchev–Trinajstić information content (AvgIpc) is 0.870. The molecular weight excluding hydrogens is 1480 g/mol. The number of hydrogen-bond donors (Lipinski definition) is 1. The molecule has 0 aliphatic carbocycles. The fourth-order valence-electron chi connectivity index (χ4n) is 7.36. The number of hydrogen-bond acceptors (Lipinski definition) is 1. The molecule has 4 radical (unpaired) electrons. The van der Waals surface area contributed by atoms with Crippen molar-refractivity contribution < 1.29 is 15.9 Å². The Bertz CT molecular complexity index is 3020. The zero-order valence-electron chi connectivity index (χ0n) is 58.7. The van der Waals surface area contributed by atoms with Gasteiger partial charge in [0.25, 0.3) is 0 Å². The first kappa shape index (κ1) is 92.8. The molecule has 0 spiro atoms. The van der Waals surface area contributed by atoms with Gasteiger partial charge in [-0.2, -0.15) is 0 Å². The van der Waals surface area contributed by atoms with Crippen LogP contribution in [-0.2, 0) is 15.9 Å². The van der Waals surface area contributed by atoms with E-state index in [4.69, 9.17) is 36.3 Å². The molecule has 0 aliphatic rings. The molecule has 9 aromatic carbocycles. The zero-order chi connectivity index (χ0) is 71.2. The third kappa shape index (κ3) is 45.4. The summed E-state index contributed by atoms with van der Waals surface area (Å²) in [6.45, 7) is 35.2. The van der Waals surface area contributed by atoms with Crippen LogP contribution in [0.25, 0.3) is 0 Å². The fraction of sp³-hybridized carbons (Fsp3) is 0.205. The zero-order valence-corrected chi connectivity index (χ0v) is 70.2. The molecule has 0 amide bonds. The van der Waals surface area contributed by atoms with Crippen molar-refractivity contribution in [3.05, 3.63) is 297 Å². The summed E-state index contributed by atoms with van der Waals surface area (Å²) in [6.07, 6.45) is 14.1. The van der Waals surface area contributed by atoms with Crippen molar-refractivity contribution >= 4 is 155 Å². The van der Waals surface area contributed by atoms with Crippen molar-refractivity contribution in [3.63, 3.8) is 0 Å². The van der Waals surface area contributed by atoms with Gasteiger partial charge in [-0.15, -0.1) is 41.3 Å². The van der Waals surface area contributed by atoms with Crippen LogP contribution >= 0.6 is 58.8 Å². The van der Waals surface area contributed by atoms with Gasteiger partial charge >= 0.3 is 55.4 Å². The molecule has 1 nitrogen and oxygen atoms in total. The summed E-state index contributed by atoms with van der Waals surface area (Å²) in [5.41, 5.74) is 9.25. The predicted octanol–water partition coefficient (Wildman–Crippen LogP) is 20.9. The summed E-state index contributed by atoms with van der Waals surface area (Å²) in [4.78, 5) is 1.56. The third-order valence-electron chi connectivity index (χ3n) is 12.3. The first-order valence-corrected chi connectivity index (χ1v) is 51.4. The van der Waals surface area contributed by atoms with E-state index in [1.807, 2.05) is 6.92 Å². The normalized spacial score (nSPS) is 10.3. The van der Waals surface area contributed by atoms with Gasteiger partial charge in [-0.05, 0) is 95.4 Å². The van der Waals surface area contributed by atoms with E-state index >= 15 is 0 Å². The molecule has 0 aliphatic heterocycles. The Balaban J connectivity index is 0. The van der Waals surface area contributed by atoms with E-state index in [2.05, 4.69) is 416 Å². The third-order valence-corrected chi connectivity index (χ3v) is 22.3. The molecule has 0 saturated heterocycles.